The minimum atomic E-state index is -4.26. The third-order valence-electron chi connectivity index (χ3n) is 5.10. The van der Waals surface area contributed by atoms with Crippen molar-refractivity contribution in [2.24, 2.45) is 23.5 Å². The Labute approximate surface area is 117 Å². The average molecular weight is 283 g/mol. The van der Waals surface area contributed by atoms with Crippen LogP contribution in [0.25, 0.3) is 0 Å². The molecule has 2 fully saturated rings. The molecule has 2 aliphatic carbocycles. The van der Waals surface area contributed by atoms with Gasteiger partial charge in [0.1, 0.15) is 0 Å². The Morgan fingerprint density at radius 1 is 1.10 bits per heavy atom. The molecule has 4 heteroatoms. The molecule has 2 aliphatic rings. The van der Waals surface area contributed by atoms with Gasteiger partial charge in [-0.1, -0.05) is 18.6 Å². The monoisotopic (exact) mass is 283 g/mol. The maximum atomic E-state index is 12.5. The molecule has 1 aromatic carbocycles. The molecule has 3 rings (SSSR count). The molecule has 110 valence electrons. The molecule has 0 aromatic heterocycles. The summed E-state index contributed by atoms with van der Waals surface area (Å²) in [5.74, 6) is 2.17. The van der Waals surface area contributed by atoms with Crippen LogP contribution in [0.5, 0.6) is 0 Å². The summed E-state index contributed by atoms with van der Waals surface area (Å²) in [7, 11) is 0. The van der Waals surface area contributed by atoms with Crippen LogP contribution in [0.2, 0.25) is 0 Å². The smallest absolute Gasteiger partial charge is 0.327 e. The van der Waals surface area contributed by atoms with Gasteiger partial charge in [0.2, 0.25) is 0 Å². The molecule has 2 saturated carbocycles. The average Bonchev–Trinajstić information content (AvgIpc) is 3.00. The molecule has 4 atom stereocenters. The zero-order valence-electron chi connectivity index (χ0n) is 11.4. The van der Waals surface area contributed by atoms with Gasteiger partial charge in [0.25, 0.3) is 0 Å². The van der Waals surface area contributed by atoms with Crippen molar-refractivity contribution in [1.29, 1.82) is 0 Å². The normalized spacial score (nSPS) is 30.7. The molecule has 4 unspecified atom stereocenters. The largest absolute Gasteiger partial charge is 0.416 e. The minimum Gasteiger partial charge on any atom is -0.327 e. The fourth-order valence-electron chi connectivity index (χ4n) is 4.07. The van der Waals surface area contributed by atoms with Gasteiger partial charge in [-0.25, -0.2) is 0 Å². The topological polar surface area (TPSA) is 26.0 Å². The Kier molecular flexibility index (Phi) is 3.53. The quantitative estimate of drug-likeness (QED) is 0.891. The first-order valence-corrected chi connectivity index (χ1v) is 7.35. The van der Waals surface area contributed by atoms with Crippen LogP contribution < -0.4 is 5.73 Å². The number of fused-ring (bicyclic) bond motifs is 2. The number of halogens is 3. The minimum absolute atomic E-state index is 0.0852. The highest BCUT2D eigenvalue weighted by Gasteiger charge is 2.41. The summed E-state index contributed by atoms with van der Waals surface area (Å²) in [6.07, 6.45) is 1.58. The van der Waals surface area contributed by atoms with E-state index in [9.17, 15) is 13.2 Å². The van der Waals surface area contributed by atoms with E-state index in [-0.39, 0.29) is 6.04 Å². The van der Waals surface area contributed by atoms with E-state index in [0.717, 1.165) is 29.5 Å². The molecule has 1 nitrogen and oxygen atoms in total. The lowest BCUT2D eigenvalue weighted by atomic mass is 9.81. The summed E-state index contributed by atoms with van der Waals surface area (Å²) in [5, 5.41) is 0. The molecule has 20 heavy (non-hydrogen) atoms. The number of hydrogen-bond donors (Lipinski definition) is 1. The van der Waals surface area contributed by atoms with E-state index < -0.39 is 11.7 Å². The van der Waals surface area contributed by atoms with Crippen molar-refractivity contribution in [2.45, 2.75) is 44.3 Å². The van der Waals surface area contributed by atoms with E-state index in [1.165, 1.54) is 25.7 Å². The first-order chi connectivity index (χ1) is 9.43. The number of alkyl halides is 3. The molecule has 0 saturated heterocycles. The maximum absolute atomic E-state index is 12.5. The van der Waals surface area contributed by atoms with Crippen molar-refractivity contribution >= 4 is 0 Å². The van der Waals surface area contributed by atoms with E-state index in [1.54, 1.807) is 12.1 Å². The Hall–Kier alpha value is -1.03. The predicted octanol–water partition coefficient (Wildman–Crippen LogP) is 4.01. The number of nitrogens with two attached hydrogens (primary N) is 1. The van der Waals surface area contributed by atoms with E-state index >= 15 is 0 Å². The van der Waals surface area contributed by atoms with Crippen molar-refractivity contribution in [3.05, 3.63) is 35.4 Å². The van der Waals surface area contributed by atoms with Crippen molar-refractivity contribution < 1.29 is 13.2 Å². The Balaban J connectivity index is 1.63. The van der Waals surface area contributed by atoms with Gasteiger partial charge in [-0.2, -0.15) is 13.2 Å². The van der Waals surface area contributed by atoms with Crippen molar-refractivity contribution in [1.82, 2.24) is 0 Å². The van der Waals surface area contributed by atoms with Crippen LogP contribution in [0.15, 0.2) is 24.3 Å². The standard InChI is InChI=1S/C16H20F3N/c17-16(18,19)13-5-2-10(3-6-13)9-15(20)14-8-11-1-4-12(14)7-11/h2-3,5-6,11-12,14-15H,1,4,7-9,20H2. The van der Waals surface area contributed by atoms with Crippen LogP contribution in [0, 0.1) is 17.8 Å². The summed E-state index contributed by atoms with van der Waals surface area (Å²) < 4.78 is 37.5. The number of rotatable bonds is 3. The molecule has 2 N–H and O–H groups in total. The third-order valence-corrected chi connectivity index (χ3v) is 5.10. The van der Waals surface area contributed by atoms with Crippen molar-refractivity contribution in [3.63, 3.8) is 0 Å². The lowest BCUT2D eigenvalue weighted by Gasteiger charge is -2.27. The molecule has 0 radical (unpaired) electrons. The van der Waals surface area contributed by atoms with Gasteiger partial charge >= 0.3 is 6.18 Å². The van der Waals surface area contributed by atoms with Crippen molar-refractivity contribution in [3.8, 4) is 0 Å². The molecular weight excluding hydrogens is 263 g/mol. The molecular formula is C16H20F3N. The first kappa shape index (κ1) is 13.9. The fraction of sp³-hybridized carbons (Fsp3) is 0.625. The zero-order valence-corrected chi connectivity index (χ0v) is 11.4. The molecule has 0 spiro atoms. The van der Waals surface area contributed by atoms with Gasteiger partial charge in [-0.15, -0.1) is 0 Å². The van der Waals surface area contributed by atoms with E-state index in [2.05, 4.69) is 0 Å². The fourth-order valence-corrected chi connectivity index (χ4v) is 4.07. The van der Waals surface area contributed by atoms with Crippen molar-refractivity contribution in [2.75, 3.05) is 0 Å². The van der Waals surface area contributed by atoms with Crippen LogP contribution in [0.1, 0.15) is 36.8 Å². The zero-order chi connectivity index (χ0) is 14.3. The Morgan fingerprint density at radius 2 is 1.80 bits per heavy atom. The lowest BCUT2D eigenvalue weighted by molar-refractivity contribution is -0.137. The first-order valence-electron chi connectivity index (χ1n) is 7.35. The SMILES string of the molecule is NC(Cc1ccc(C(F)(F)F)cc1)C1CC2CCC1C2. The van der Waals surface area contributed by atoms with Crippen LogP contribution in [-0.2, 0) is 12.6 Å². The van der Waals surface area contributed by atoms with Gasteiger partial charge in [-0.3, -0.25) is 0 Å². The molecule has 1 aromatic rings. The summed E-state index contributed by atoms with van der Waals surface area (Å²) in [5.41, 5.74) is 6.62. The van der Waals surface area contributed by atoms with E-state index in [0.29, 0.717) is 12.3 Å². The predicted molar refractivity (Wildman–Crippen MR) is 72.1 cm³/mol. The third kappa shape index (κ3) is 2.71. The maximum Gasteiger partial charge on any atom is 0.416 e. The highest BCUT2D eigenvalue weighted by molar-refractivity contribution is 5.25. The summed E-state index contributed by atoms with van der Waals surface area (Å²) in [4.78, 5) is 0. The lowest BCUT2D eigenvalue weighted by Crippen LogP contribution is -2.35. The number of hydrogen-bond acceptors (Lipinski definition) is 1. The Bertz CT molecular complexity index is 466. The molecule has 2 bridgehead atoms. The summed E-state index contributed by atoms with van der Waals surface area (Å²) in [6.45, 7) is 0. The number of benzene rings is 1. The van der Waals surface area contributed by atoms with E-state index in [1.807, 2.05) is 0 Å². The van der Waals surface area contributed by atoms with Gasteiger partial charge < -0.3 is 5.73 Å². The molecule has 0 amide bonds. The second kappa shape index (κ2) is 5.06. The van der Waals surface area contributed by atoms with Gasteiger partial charge in [-0.05, 0) is 61.1 Å². The van der Waals surface area contributed by atoms with E-state index in [4.69, 9.17) is 5.73 Å². The summed E-state index contributed by atoms with van der Waals surface area (Å²) >= 11 is 0. The van der Waals surface area contributed by atoms with Crippen LogP contribution in [-0.4, -0.2) is 6.04 Å². The Morgan fingerprint density at radius 3 is 2.30 bits per heavy atom. The summed E-state index contributed by atoms with van der Waals surface area (Å²) in [6, 6.07) is 5.53. The van der Waals surface area contributed by atoms with Crippen LogP contribution >= 0.6 is 0 Å². The second-order valence-electron chi connectivity index (χ2n) is 6.40. The van der Waals surface area contributed by atoms with Gasteiger partial charge in [0.05, 0.1) is 5.56 Å². The molecule has 0 heterocycles. The highest BCUT2D eigenvalue weighted by atomic mass is 19.4. The van der Waals surface area contributed by atoms with Crippen LogP contribution in [0.3, 0.4) is 0 Å². The van der Waals surface area contributed by atoms with Gasteiger partial charge in [0, 0.05) is 6.04 Å². The van der Waals surface area contributed by atoms with Crippen LogP contribution in [0.4, 0.5) is 13.2 Å². The highest BCUT2D eigenvalue weighted by Crippen LogP contribution is 2.49. The second-order valence-corrected chi connectivity index (χ2v) is 6.40. The van der Waals surface area contributed by atoms with Gasteiger partial charge in [0.15, 0.2) is 0 Å². The molecule has 0 aliphatic heterocycles.